The molecule has 4 nitrogen and oxygen atoms in total. The molecule has 2 aromatic carbocycles. The van der Waals surface area contributed by atoms with Crippen molar-refractivity contribution >= 4 is 17.5 Å². The molecular formula is C16H17ClN2O2. The average Bonchev–Trinajstić information content (AvgIpc) is 2.48. The number of amides is 1. The van der Waals surface area contributed by atoms with Gasteiger partial charge in [0.05, 0.1) is 7.11 Å². The normalized spacial score (nSPS) is 11.9. The van der Waals surface area contributed by atoms with Crippen LogP contribution in [0.1, 0.15) is 17.2 Å². The van der Waals surface area contributed by atoms with Gasteiger partial charge >= 0.3 is 0 Å². The van der Waals surface area contributed by atoms with Crippen LogP contribution in [-0.2, 0) is 11.3 Å². The first-order valence-corrected chi connectivity index (χ1v) is 6.89. The van der Waals surface area contributed by atoms with Gasteiger partial charge in [0.2, 0.25) is 5.91 Å². The highest BCUT2D eigenvalue weighted by atomic mass is 35.5. The van der Waals surface area contributed by atoms with Crippen LogP contribution in [0.25, 0.3) is 0 Å². The zero-order valence-corrected chi connectivity index (χ0v) is 12.4. The minimum Gasteiger partial charge on any atom is -0.496 e. The van der Waals surface area contributed by atoms with Crippen LogP contribution >= 0.6 is 11.6 Å². The van der Waals surface area contributed by atoms with Crippen molar-refractivity contribution in [2.75, 3.05) is 7.11 Å². The number of rotatable bonds is 6. The average molecular weight is 305 g/mol. The molecule has 0 aromatic heterocycles. The van der Waals surface area contributed by atoms with E-state index in [-0.39, 0.29) is 0 Å². The van der Waals surface area contributed by atoms with Crippen LogP contribution in [0.3, 0.4) is 0 Å². The first kappa shape index (κ1) is 15.4. The van der Waals surface area contributed by atoms with E-state index in [4.69, 9.17) is 22.1 Å². The number of halogens is 1. The Bertz CT molecular complexity index is 617. The smallest absolute Gasteiger partial charge is 0.239 e. The molecule has 0 aliphatic heterocycles. The molecule has 0 aliphatic carbocycles. The van der Waals surface area contributed by atoms with Crippen molar-refractivity contribution in [3.05, 3.63) is 64.7 Å². The van der Waals surface area contributed by atoms with Crippen molar-refractivity contribution < 1.29 is 9.53 Å². The molecule has 0 heterocycles. The van der Waals surface area contributed by atoms with E-state index >= 15 is 0 Å². The van der Waals surface area contributed by atoms with E-state index in [1.165, 1.54) is 0 Å². The third kappa shape index (κ3) is 3.97. The van der Waals surface area contributed by atoms with Gasteiger partial charge in [-0.1, -0.05) is 41.9 Å². The fraction of sp³-hybridized carbons (Fsp3) is 0.188. The minimum absolute atomic E-state index is 0.423. The van der Waals surface area contributed by atoms with E-state index in [0.717, 1.165) is 11.1 Å². The van der Waals surface area contributed by atoms with Gasteiger partial charge in [0, 0.05) is 17.1 Å². The lowest BCUT2D eigenvalue weighted by Gasteiger charge is -2.17. The summed E-state index contributed by atoms with van der Waals surface area (Å²) < 4.78 is 5.28. The summed E-state index contributed by atoms with van der Waals surface area (Å²) in [5, 5.41) is 3.75. The molecule has 0 bridgehead atoms. The second-order valence-corrected chi connectivity index (χ2v) is 5.02. The first-order valence-electron chi connectivity index (χ1n) is 6.52. The Morgan fingerprint density at radius 1 is 1.29 bits per heavy atom. The lowest BCUT2D eigenvalue weighted by Crippen LogP contribution is -2.33. The number of primary amides is 1. The van der Waals surface area contributed by atoms with Crippen LogP contribution in [0, 0.1) is 0 Å². The molecule has 1 atom stereocenters. The highest BCUT2D eigenvalue weighted by Crippen LogP contribution is 2.23. The van der Waals surface area contributed by atoms with Crippen LogP contribution < -0.4 is 15.8 Å². The predicted octanol–water partition coefficient (Wildman–Crippen LogP) is 2.66. The van der Waals surface area contributed by atoms with Gasteiger partial charge in [-0.3, -0.25) is 10.1 Å². The Labute approximate surface area is 128 Å². The van der Waals surface area contributed by atoms with Gasteiger partial charge in [-0.25, -0.2) is 0 Å². The van der Waals surface area contributed by atoms with Crippen molar-refractivity contribution in [2.45, 2.75) is 12.6 Å². The monoisotopic (exact) mass is 304 g/mol. The molecule has 2 rings (SSSR count). The highest BCUT2D eigenvalue weighted by molar-refractivity contribution is 6.30. The zero-order valence-electron chi connectivity index (χ0n) is 11.7. The van der Waals surface area contributed by atoms with E-state index in [1.54, 1.807) is 25.3 Å². The Balaban J connectivity index is 2.16. The standard InChI is InChI=1S/C16H17ClN2O2/c1-21-14-8-7-13(17)9-12(14)10-19-15(16(18)20)11-5-3-2-4-6-11/h2-9,15,19H,10H2,1H3,(H2,18,20)/t15-/m1/s1. The summed E-state index contributed by atoms with van der Waals surface area (Å²) in [4.78, 5) is 11.6. The maximum absolute atomic E-state index is 11.6. The molecule has 0 saturated carbocycles. The number of ether oxygens (including phenoxy) is 1. The Hall–Kier alpha value is -2.04. The third-order valence-electron chi connectivity index (χ3n) is 3.16. The number of carbonyl (C=O) groups excluding carboxylic acids is 1. The highest BCUT2D eigenvalue weighted by Gasteiger charge is 2.17. The van der Waals surface area contributed by atoms with Crippen molar-refractivity contribution in [1.82, 2.24) is 5.32 Å². The zero-order chi connectivity index (χ0) is 15.2. The van der Waals surface area contributed by atoms with Gasteiger partial charge in [-0.05, 0) is 23.8 Å². The Kier molecular flexibility index (Phi) is 5.20. The van der Waals surface area contributed by atoms with Gasteiger partial charge < -0.3 is 10.5 Å². The quantitative estimate of drug-likeness (QED) is 0.862. The van der Waals surface area contributed by atoms with E-state index in [9.17, 15) is 4.79 Å². The molecule has 0 saturated heterocycles. The maximum Gasteiger partial charge on any atom is 0.239 e. The van der Waals surface area contributed by atoms with Crippen molar-refractivity contribution in [2.24, 2.45) is 5.73 Å². The second-order valence-electron chi connectivity index (χ2n) is 4.58. The fourth-order valence-electron chi connectivity index (χ4n) is 2.13. The molecule has 5 heteroatoms. The SMILES string of the molecule is COc1ccc(Cl)cc1CN[C@@H](C(N)=O)c1ccccc1. The summed E-state index contributed by atoms with van der Waals surface area (Å²) in [5.41, 5.74) is 7.17. The molecule has 0 aliphatic rings. The van der Waals surface area contributed by atoms with E-state index < -0.39 is 11.9 Å². The van der Waals surface area contributed by atoms with Gasteiger partial charge in [-0.2, -0.15) is 0 Å². The molecule has 110 valence electrons. The van der Waals surface area contributed by atoms with Crippen LogP contribution in [-0.4, -0.2) is 13.0 Å². The summed E-state index contributed by atoms with van der Waals surface area (Å²) in [6.45, 7) is 0.423. The van der Waals surface area contributed by atoms with E-state index in [0.29, 0.717) is 17.3 Å². The number of nitrogens with one attached hydrogen (secondary N) is 1. The largest absolute Gasteiger partial charge is 0.496 e. The summed E-state index contributed by atoms with van der Waals surface area (Å²) in [6, 6.07) is 14.1. The summed E-state index contributed by atoms with van der Waals surface area (Å²) in [6.07, 6.45) is 0. The minimum atomic E-state index is -0.560. The van der Waals surface area contributed by atoms with Crippen LogP contribution in [0.15, 0.2) is 48.5 Å². The maximum atomic E-state index is 11.6. The lowest BCUT2D eigenvalue weighted by molar-refractivity contribution is -0.120. The Morgan fingerprint density at radius 2 is 2.00 bits per heavy atom. The van der Waals surface area contributed by atoms with E-state index in [1.807, 2.05) is 30.3 Å². The number of nitrogens with two attached hydrogens (primary N) is 1. The summed E-state index contributed by atoms with van der Waals surface area (Å²) in [5.74, 6) is 0.283. The second kappa shape index (κ2) is 7.11. The van der Waals surface area contributed by atoms with Gasteiger partial charge in [-0.15, -0.1) is 0 Å². The van der Waals surface area contributed by atoms with Gasteiger partial charge in [0.1, 0.15) is 11.8 Å². The number of hydrogen-bond donors (Lipinski definition) is 2. The van der Waals surface area contributed by atoms with Crippen molar-refractivity contribution in [3.63, 3.8) is 0 Å². The van der Waals surface area contributed by atoms with Crippen LogP contribution in [0.4, 0.5) is 0 Å². The molecule has 21 heavy (non-hydrogen) atoms. The predicted molar refractivity (Wildman–Crippen MR) is 83.2 cm³/mol. The third-order valence-corrected chi connectivity index (χ3v) is 3.39. The summed E-state index contributed by atoms with van der Waals surface area (Å²) in [7, 11) is 1.59. The summed E-state index contributed by atoms with van der Waals surface area (Å²) >= 11 is 5.99. The number of methoxy groups -OCH3 is 1. The lowest BCUT2D eigenvalue weighted by atomic mass is 10.1. The molecule has 0 fully saturated rings. The molecule has 0 unspecified atom stereocenters. The molecular weight excluding hydrogens is 288 g/mol. The van der Waals surface area contributed by atoms with E-state index in [2.05, 4.69) is 5.32 Å². The molecule has 0 spiro atoms. The van der Waals surface area contributed by atoms with Crippen molar-refractivity contribution in [3.8, 4) is 5.75 Å². The number of hydrogen-bond acceptors (Lipinski definition) is 3. The van der Waals surface area contributed by atoms with Gasteiger partial charge in [0.25, 0.3) is 0 Å². The first-order chi connectivity index (χ1) is 10.1. The fourth-order valence-corrected chi connectivity index (χ4v) is 2.32. The topological polar surface area (TPSA) is 64.3 Å². The van der Waals surface area contributed by atoms with Crippen LogP contribution in [0.2, 0.25) is 5.02 Å². The molecule has 2 aromatic rings. The molecule has 1 amide bonds. The Morgan fingerprint density at radius 3 is 2.62 bits per heavy atom. The number of carbonyl (C=O) groups is 1. The van der Waals surface area contributed by atoms with Gasteiger partial charge in [0.15, 0.2) is 0 Å². The van der Waals surface area contributed by atoms with Crippen molar-refractivity contribution in [1.29, 1.82) is 0 Å². The number of benzene rings is 2. The molecule has 3 N–H and O–H groups in total. The molecule has 0 radical (unpaired) electrons. The van der Waals surface area contributed by atoms with Crippen LogP contribution in [0.5, 0.6) is 5.75 Å².